The molecule has 0 aliphatic carbocycles. The summed E-state index contributed by atoms with van der Waals surface area (Å²) < 4.78 is 18.6. The fourth-order valence-electron chi connectivity index (χ4n) is 2.06. The van der Waals surface area contributed by atoms with Crippen molar-refractivity contribution in [2.45, 2.75) is 24.9 Å². The molecule has 2 rings (SSSR count). The number of benzene rings is 1. The van der Waals surface area contributed by atoms with Crippen molar-refractivity contribution in [3.8, 4) is 5.75 Å². The van der Waals surface area contributed by atoms with Crippen molar-refractivity contribution in [2.75, 3.05) is 12.9 Å². The molecule has 0 radical (unpaired) electrons. The van der Waals surface area contributed by atoms with Gasteiger partial charge >= 0.3 is 0 Å². The summed E-state index contributed by atoms with van der Waals surface area (Å²) in [6, 6.07) is 8.63. The zero-order valence-corrected chi connectivity index (χ0v) is 13.2. The van der Waals surface area contributed by atoms with Crippen molar-refractivity contribution in [1.29, 1.82) is 0 Å². The van der Waals surface area contributed by atoms with E-state index in [0.29, 0.717) is 5.75 Å². The molecule has 1 aromatic heterocycles. The average Bonchev–Trinajstić information content (AvgIpc) is 2.43. The molecule has 0 fully saturated rings. The van der Waals surface area contributed by atoms with Crippen LogP contribution in [0, 0.1) is 19.7 Å². The van der Waals surface area contributed by atoms with Gasteiger partial charge in [-0.3, -0.25) is 0 Å². The molecule has 112 valence electrons. The molecular formula is C16H19FN2OS. The molecule has 5 heteroatoms. The number of thioether (sulfide) groups is 1. The van der Waals surface area contributed by atoms with E-state index in [2.05, 4.69) is 4.98 Å². The molecule has 0 spiro atoms. The quantitative estimate of drug-likeness (QED) is 0.857. The Labute approximate surface area is 128 Å². The molecule has 1 heterocycles. The molecular weight excluding hydrogens is 287 g/mol. The monoisotopic (exact) mass is 306 g/mol. The molecule has 3 nitrogen and oxygen atoms in total. The maximum atomic E-state index is 13.7. The van der Waals surface area contributed by atoms with Crippen LogP contribution >= 0.6 is 11.8 Å². The predicted molar refractivity (Wildman–Crippen MR) is 84.3 cm³/mol. The summed E-state index contributed by atoms with van der Waals surface area (Å²) in [4.78, 5) is 4.46. The lowest BCUT2D eigenvalue weighted by atomic mass is 10.1. The zero-order chi connectivity index (χ0) is 15.4. The van der Waals surface area contributed by atoms with E-state index in [1.165, 1.54) is 18.7 Å². The summed E-state index contributed by atoms with van der Waals surface area (Å²) in [5.41, 5.74) is 9.04. The molecule has 0 saturated carbocycles. The first-order valence-corrected chi connectivity index (χ1v) is 7.65. The van der Waals surface area contributed by atoms with Crippen molar-refractivity contribution in [2.24, 2.45) is 5.73 Å². The van der Waals surface area contributed by atoms with Crippen LogP contribution in [0.5, 0.6) is 5.75 Å². The fourth-order valence-corrected chi connectivity index (χ4v) is 3.08. The Morgan fingerprint density at radius 2 is 2.05 bits per heavy atom. The highest BCUT2D eigenvalue weighted by Crippen LogP contribution is 2.26. The van der Waals surface area contributed by atoms with Gasteiger partial charge in [0.15, 0.2) is 11.6 Å². The number of hydrogen-bond donors (Lipinski definition) is 1. The summed E-state index contributed by atoms with van der Waals surface area (Å²) in [5, 5.41) is 0.942. The van der Waals surface area contributed by atoms with Gasteiger partial charge in [0, 0.05) is 17.5 Å². The molecule has 1 atom stereocenters. The Morgan fingerprint density at radius 1 is 1.29 bits per heavy atom. The molecule has 0 amide bonds. The topological polar surface area (TPSA) is 48.1 Å². The third kappa shape index (κ3) is 4.19. The Hall–Kier alpha value is -1.59. The molecule has 0 aliphatic heterocycles. The second kappa shape index (κ2) is 6.91. The minimum Gasteiger partial charge on any atom is -0.494 e. The minimum atomic E-state index is -0.389. The van der Waals surface area contributed by atoms with Crippen LogP contribution in [-0.2, 0) is 0 Å². The summed E-state index contributed by atoms with van der Waals surface area (Å²) in [6.45, 7) is 4.01. The molecule has 0 bridgehead atoms. The molecule has 2 N–H and O–H groups in total. The Bertz CT molecular complexity index is 613. The lowest BCUT2D eigenvalue weighted by Gasteiger charge is -2.13. The smallest absolute Gasteiger partial charge is 0.165 e. The van der Waals surface area contributed by atoms with E-state index < -0.39 is 0 Å². The second-order valence-electron chi connectivity index (χ2n) is 4.94. The van der Waals surface area contributed by atoms with Gasteiger partial charge in [-0.1, -0.05) is 6.07 Å². The number of methoxy groups -OCH3 is 1. The Kier molecular flexibility index (Phi) is 5.20. The van der Waals surface area contributed by atoms with Crippen LogP contribution in [0.3, 0.4) is 0 Å². The maximum Gasteiger partial charge on any atom is 0.165 e. The van der Waals surface area contributed by atoms with Crippen LogP contribution in [0.4, 0.5) is 4.39 Å². The maximum absolute atomic E-state index is 13.7. The van der Waals surface area contributed by atoms with Gasteiger partial charge in [0.1, 0.15) is 0 Å². The van der Waals surface area contributed by atoms with E-state index in [9.17, 15) is 4.39 Å². The van der Waals surface area contributed by atoms with Crippen LogP contribution in [0.15, 0.2) is 35.4 Å². The van der Waals surface area contributed by atoms with Crippen LogP contribution in [0.2, 0.25) is 0 Å². The Balaban J connectivity index is 2.04. The van der Waals surface area contributed by atoms with E-state index >= 15 is 0 Å². The molecule has 21 heavy (non-hydrogen) atoms. The highest BCUT2D eigenvalue weighted by molar-refractivity contribution is 7.99. The average molecular weight is 306 g/mol. The summed E-state index contributed by atoms with van der Waals surface area (Å²) in [6.07, 6.45) is 0. The van der Waals surface area contributed by atoms with Gasteiger partial charge < -0.3 is 10.5 Å². The predicted octanol–water partition coefficient (Wildman–Crippen LogP) is 3.64. The number of halogens is 1. The third-order valence-corrected chi connectivity index (χ3v) is 4.12. The first kappa shape index (κ1) is 15.8. The van der Waals surface area contributed by atoms with Crippen molar-refractivity contribution < 1.29 is 9.13 Å². The van der Waals surface area contributed by atoms with Crippen LogP contribution in [0.25, 0.3) is 0 Å². The minimum absolute atomic E-state index is 0.231. The molecule has 2 aromatic rings. The first-order chi connectivity index (χ1) is 9.99. The van der Waals surface area contributed by atoms with Gasteiger partial charge in [-0.2, -0.15) is 0 Å². The van der Waals surface area contributed by atoms with Crippen molar-refractivity contribution in [1.82, 2.24) is 4.98 Å². The van der Waals surface area contributed by atoms with E-state index in [1.807, 2.05) is 26.0 Å². The van der Waals surface area contributed by atoms with E-state index in [0.717, 1.165) is 16.3 Å². The lowest BCUT2D eigenvalue weighted by Crippen LogP contribution is -2.13. The largest absolute Gasteiger partial charge is 0.494 e. The van der Waals surface area contributed by atoms with Crippen LogP contribution in [0.1, 0.15) is 22.9 Å². The van der Waals surface area contributed by atoms with Crippen molar-refractivity contribution in [3.63, 3.8) is 0 Å². The van der Waals surface area contributed by atoms with Crippen LogP contribution in [-0.4, -0.2) is 17.8 Å². The fraction of sp³-hybridized carbons (Fsp3) is 0.312. The van der Waals surface area contributed by atoms with Gasteiger partial charge in [0.2, 0.25) is 0 Å². The molecule has 1 aromatic carbocycles. The van der Waals surface area contributed by atoms with Crippen molar-refractivity contribution >= 4 is 11.8 Å². The first-order valence-electron chi connectivity index (χ1n) is 6.66. The van der Waals surface area contributed by atoms with Gasteiger partial charge in [-0.05, 0) is 49.2 Å². The number of nitrogens with zero attached hydrogens (tertiary/aromatic N) is 1. The van der Waals surface area contributed by atoms with Gasteiger partial charge in [0.05, 0.1) is 12.1 Å². The van der Waals surface area contributed by atoms with Gasteiger partial charge in [0.25, 0.3) is 0 Å². The molecule has 1 unspecified atom stereocenters. The number of nitrogens with two attached hydrogens (primary N) is 1. The summed E-state index contributed by atoms with van der Waals surface area (Å²) in [5.74, 6) is 0.483. The van der Waals surface area contributed by atoms with Crippen molar-refractivity contribution in [3.05, 3.63) is 53.0 Å². The van der Waals surface area contributed by atoms with Gasteiger partial charge in [-0.15, -0.1) is 11.8 Å². The SMILES string of the molecule is COc1ccc(C(N)CSc2cc(C)cc(C)n2)cc1F. The van der Waals surface area contributed by atoms with E-state index in [-0.39, 0.29) is 17.6 Å². The van der Waals surface area contributed by atoms with E-state index in [1.54, 1.807) is 23.9 Å². The third-order valence-electron chi connectivity index (χ3n) is 3.09. The lowest BCUT2D eigenvalue weighted by molar-refractivity contribution is 0.386. The second-order valence-corrected chi connectivity index (χ2v) is 5.98. The number of hydrogen-bond acceptors (Lipinski definition) is 4. The standard InChI is InChI=1S/C16H19FN2OS/c1-10-6-11(2)19-16(7-10)21-9-14(18)12-4-5-15(20-3)13(17)8-12/h4-8,14H,9,18H2,1-3H3. The highest BCUT2D eigenvalue weighted by atomic mass is 32.2. The number of rotatable bonds is 5. The number of aromatic nitrogens is 1. The normalized spacial score (nSPS) is 12.2. The summed E-state index contributed by atoms with van der Waals surface area (Å²) >= 11 is 1.58. The zero-order valence-electron chi connectivity index (χ0n) is 12.4. The number of aryl methyl sites for hydroxylation is 2. The summed E-state index contributed by atoms with van der Waals surface area (Å²) in [7, 11) is 1.44. The number of ether oxygens (including phenoxy) is 1. The van der Waals surface area contributed by atoms with Gasteiger partial charge in [-0.25, -0.2) is 9.37 Å². The van der Waals surface area contributed by atoms with Crippen LogP contribution < -0.4 is 10.5 Å². The number of pyridine rings is 1. The highest BCUT2D eigenvalue weighted by Gasteiger charge is 2.11. The molecule has 0 aliphatic rings. The van der Waals surface area contributed by atoms with E-state index in [4.69, 9.17) is 10.5 Å². The molecule has 0 saturated heterocycles. The Morgan fingerprint density at radius 3 is 2.67 bits per heavy atom.